The maximum absolute atomic E-state index is 13.7. The monoisotopic (exact) mass is 875 g/mol. The Morgan fingerprint density at radius 1 is 0.938 bits per heavy atom. The lowest BCUT2D eigenvalue weighted by atomic mass is 9.81. The lowest BCUT2D eigenvalue weighted by Crippen LogP contribution is -2.48. The Balaban J connectivity index is 1.27. The molecule has 10 nitrogen and oxygen atoms in total. The number of likely N-dealkylation sites (N-methyl/N-ethyl adjacent to an activating group) is 1. The first-order valence-electron chi connectivity index (χ1n) is 16.5. The van der Waals surface area contributed by atoms with Crippen molar-refractivity contribution in [2.24, 2.45) is 15.0 Å². The van der Waals surface area contributed by atoms with Crippen molar-refractivity contribution in [2.75, 3.05) is 50.0 Å². The lowest BCUT2D eigenvalue weighted by Gasteiger charge is -2.33. The van der Waals surface area contributed by atoms with Gasteiger partial charge in [0.05, 0.1) is 28.6 Å². The summed E-state index contributed by atoms with van der Waals surface area (Å²) in [5.41, 5.74) is 5.65. The minimum Gasteiger partial charge on any atom is -0.354 e. The van der Waals surface area contributed by atoms with E-state index in [2.05, 4.69) is 59.2 Å². The van der Waals surface area contributed by atoms with Crippen LogP contribution in [0, 0.1) is 11.8 Å². The fourth-order valence-electron chi connectivity index (χ4n) is 6.30. The third kappa shape index (κ3) is 10.2. The van der Waals surface area contributed by atoms with Crippen LogP contribution in [-0.4, -0.2) is 77.1 Å². The van der Waals surface area contributed by atoms with Crippen LogP contribution >= 0.6 is 45.5 Å². The molecule has 1 saturated heterocycles. The Bertz CT molecular complexity index is 1580. The Morgan fingerprint density at radius 3 is 2.27 bits per heavy atom. The highest BCUT2D eigenvalue weighted by molar-refractivity contribution is 14.1. The number of amides is 3. The van der Waals surface area contributed by atoms with Crippen molar-refractivity contribution in [1.29, 1.82) is 0 Å². The fourth-order valence-corrected chi connectivity index (χ4v) is 6.80. The fraction of sp³-hybridized carbons (Fsp3) is 0.417. The number of halogens is 2. The van der Waals surface area contributed by atoms with Crippen LogP contribution < -0.4 is 20.9 Å². The molecule has 1 aliphatic heterocycles. The Morgan fingerprint density at radius 2 is 1.62 bits per heavy atom. The first-order valence-corrected chi connectivity index (χ1v) is 18.5. The van der Waals surface area contributed by atoms with Crippen LogP contribution in [-0.2, 0) is 16.0 Å². The molecule has 5 rings (SSSR count). The van der Waals surface area contributed by atoms with Crippen LogP contribution in [0.3, 0.4) is 0 Å². The summed E-state index contributed by atoms with van der Waals surface area (Å²) in [6, 6.07) is 19.2. The molecule has 3 aromatic rings. The third-order valence-electron chi connectivity index (χ3n) is 9.38. The number of anilines is 2. The van der Waals surface area contributed by atoms with Gasteiger partial charge in [0.25, 0.3) is 3.91 Å². The molecule has 1 saturated carbocycles. The summed E-state index contributed by atoms with van der Waals surface area (Å²) in [7, 11) is 2.14. The van der Waals surface area contributed by atoms with Crippen LogP contribution in [0.1, 0.15) is 43.7 Å². The number of nitrogens with one attached hydrogen (secondary N) is 3. The van der Waals surface area contributed by atoms with E-state index in [0.717, 1.165) is 85.6 Å². The zero-order chi connectivity index (χ0) is 34.0. The second-order valence-electron chi connectivity index (χ2n) is 12.8. The molecule has 0 spiro atoms. The standard InChI is InChI=1S/C36H43I2N7O3/c1-24(43-38)27-11-13-31(14-12-27)41-35(47)32(42-34(46)29-9-5-26(6-10-29)23-40-36(37)48)21-25-3-7-28(8-4-25)30-15-16-39-33(22-30)45-19-17-44(2)18-20-45/h3-4,7-8,11-16,22,26,29,32H,5-6,9-10,17-21,23H2,1-2H3,(H,40,48)(H,41,47)(H,42,46)/b43-24+/t26-,29-,32-/m0/s1. The molecule has 0 bridgehead atoms. The topological polar surface area (TPSA) is 119 Å². The van der Waals surface area contributed by atoms with Crippen molar-refractivity contribution < 1.29 is 14.4 Å². The van der Waals surface area contributed by atoms with Crippen molar-refractivity contribution in [3.8, 4) is 11.1 Å². The molecule has 2 aromatic carbocycles. The van der Waals surface area contributed by atoms with Crippen molar-refractivity contribution in [2.45, 2.75) is 45.1 Å². The van der Waals surface area contributed by atoms with Crippen molar-refractivity contribution in [1.82, 2.24) is 20.5 Å². The minimum absolute atomic E-state index is 0.0616. The van der Waals surface area contributed by atoms with E-state index < -0.39 is 6.04 Å². The zero-order valence-electron chi connectivity index (χ0n) is 27.4. The average molecular weight is 876 g/mol. The third-order valence-corrected chi connectivity index (χ3v) is 10.5. The smallest absolute Gasteiger partial charge is 0.280 e. The molecule has 1 aliphatic carbocycles. The van der Waals surface area contributed by atoms with Gasteiger partial charge in [-0.2, -0.15) is 0 Å². The molecule has 2 heterocycles. The summed E-state index contributed by atoms with van der Waals surface area (Å²) in [4.78, 5) is 47.8. The molecule has 3 N–H and O–H groups in total. The zero-order valence-corrected chi connectivity index (χ0v) is 31.7. The number of aromatic nitrogens is 1. The van der Waals surface area contributed by atoms with E-state index in [-0.39, 0.29) is 21.6 Å². The molecule has 48 heavy (non-hydrogen) atoms. The summed E-state index contributed by atoms with van der Waals surface area (Å²) in [6.07, 6.45) is 5.42. The van der Waals surface area contributed by atoms with E-state index in [4.69, 9.17) is 0 Å². The molecular formula is C36H43I2N7O3. The van der Waals surface area contributed by atoms with Crippen LogP contribution in [0.25, 0.3) is 11.1 Å². The van der Waals surface area contributed by atoms with Gasteiger partial charge in [0.1, 0.15) is 11.9 Å². The Kier molecular flexibility index (Phi) is 13.2. The predicted octanol–water partition coefficient (Wildman–Crippen LogP) is 6.28. The molecular weight excluding hydrogens is 832 g/mol. The molecule has 3 amide bonds. The minimum atomic E-state index is -0.749. The molecule has 254 valence electrons. The number of carbonyl (C=O) groups is 3. The van der Waals surface area contributed by atoms with Gasteiger partial charge in [-0.15, -0.1) is 0 Å². The molecule has 12 heteroatoms. The maximum atomic E-state index is 13.7. The summed E-state index contributed by atoms with van der Waals surface area (Å²) < 4.78 is 4.14. The van der Waals surface area contributed by atoms with Gasteiger partial charge in [-0.25, -0.2) is 8.19 Å². The van der Waals surface area contributed by atoms with E-state index in [9.17, 15) is 14.4 Å². The number of hydrogen-bond acceptors (Lipinski definition) is 7. The first kappa shape index (κ1) is 36.2. The van der Waals surface area contributed by atoms with Gasteiger partial charge in [-0.3, -0.25) is 14.4 Å². The van der Waals surface area contributed by atoms with E-state index >= 15 is 0 Å². The molecule has 0 unspecified atom stereocenters. The van der Waals surface area contributed by atoms with Crippen LogP contribution in [0.4, 0.5) is 16.3 Å². The summed E-state index contributed by atoms with van der Waals surface area (Å²) >= 11 is 3.72. The summed E-state index contributed by atoms with van der Waals surface area (Å²) in [6.45, 7) is 6.51. The normalized spacial score (nSPS) is 19.3. The molecule has 2 aliphatic rings. The quantitative estimate of drug-likeness (QED) is 0.0905. The Hall–Kier alpha value is -3.11. The van der Waals surface area contributed by atoms with E-state index in [1.807, 2.05) is 78.4 Å². The van der Waals surface area contributed by atoms with Gasteiger partial charge in [-0.1, -0.05) is 36.4 Å². The highest BCUT2D eigenvalue weighted by Crippen LogP contribution is 2.29. The molecule has 1 aromatic heterocycles. The molecule has 1 atom stereocenters. The predicted molar refractivity (Wildman–Crippen MR) is 209 cm³/mol. The number of carbonyl (C=O) groups excluding carboxylic acids is 3. The summed E-state index contributed by atoms with van der Waals surface area (Å²) in [5, 5.41) is 8.99. The number of hydrogen-bond donors (Lipinski definition) is 3. The van der Waals surface area contributed by atoms with E-state index in [1.54, 1.807) is 22.6 Å². The average Bonchev–Trinajstić information content (AvgIpc) is 3.11. The highest BCUT2D eigenvalue weighted by Gasteiger charge is 2.30. The van der Waals surface area contributed by atoms with Crippen molar-refractivity contribution in [3.63, 3.8) is 0 Å². The van der Waals surface area contributed by atoms with Crippen LogP contribution in [0.2, 0.25) is 0 Å². The largest absolute Gasteiger partial charge is 0.354 e. The molecule has 2 fully saturated rings. The van der Waals surface area contributed by atoms with Gasteiger partial charge < -0.3 is 25.8 Å². The van der Waals surface area contributed by atoms with Gasteiger partial charge in [-0.05, 0) is 92.1 Å². The van der Waals surface area contributed by atoms with E-state index in [0.29, 0.717) is 24.6 Å². The second kappa shape index (κ2) is 17.5. The van der Waals surface area contributed by atoms with Crippen molar-refractivity contribution >= 4 is 78.4 Å². The van der Waals surface area contributed by atoms with Gasteiger partial charge in [0.15, 0.2) is 0 Å². The second-order valence-corrected chi connectivity index (χ2v) is 14.2. The number of piperazine rings is 1. The van der Waals surface area contributed by atoms with Crippen LogP contribution in [0.15, 0.2) is 70.1 Å². The highest BCUT2D eigenvalue weighted by atomic mass is 127. The number of rotatable bonds is 11. The number of benzene rings is 2. The van der Waals surface area contributed by atoms with Crippen molar-refractivity contribution in [3.05, 3.63) is 78.0 Å². The van der Waals surface area contributed by atoms with Crippen LogP contribution in [0.5, 0.6) is 0 Å². The molecule has 0 radical (unpaired) electrons. The Labute approximate surface area is 310 Å². The maximum Gasteiger partial charge on any atom is 0.280 e. The van der Waals surface area contributed by atoms with Gasteiger partial charge in [0.2, 0.25) is 11.8 Å². The first-order chi connectivity index (χ1) is 23.2. The summed E-state index contributed by atoms with van der Waals surface area (Å²) in [5.74, 6) is 0.833. The van der Waals surface area contributed by atoms with E-state index in [1.165, 1.54) is 0 Å². The SMILES string of the molecule is C/C(=N\I)c1ccc(NC(=O)[C@H](Cc2ccc(-c3ccnc(N4CCN(C)CC4)c3)cc2)NC(=O)[C@H]2CC[C@H](CNC(=O)I)CC2)cc1. The number of pyridine rings is 1. The lowest BCUT2D eigenvalue weighted by molar-refractivity contribution is -0.130. The van der Waals surface area contributed by atoms with Gasteiger partial charge >= 0.3 is 0 Å². The van der Waals surface area contributed by atoms with Gasteiger partial charge in [0, 0.05) is 79.5 Å². The number of nitrogens with zero attached hydrogens (tertiary/aromatic N) is 4.